The fourth-order valence-electron chi connectivity index (χ4n) is 1.31. The van der Waals surface area contributed by atoms with Gasteiger partial charge in [-0.2, -0.15) is 9.78 Å². The van der Waals surface area contributed by atoms with E-state index < -0.39 is 11.7 Å². The maximum atomic E-state index is 11.8. The zero-order valence-electron chi connectivity index (χ0n) is 9.47. The third kappa shape index (κ3) is 2.03. The molecule has 2 heterocycles. The monoisotopic (exact) mass is 219 g/mol. The first-order valence-corrected chi connectivity index (χ1v) is 4.99. The van der Waals surface area contributed by atoms with Gasteiger partial charge in [-0.3, -0.25) is 4.98 Å². The topological polar surface area (TPSA) is 57.0 Å². The van der Waals surface area contributed by atoms with E-state index in [4.69, 9.17) is 4.74 Å². The first kappa shape index (κ1) is 10.6. The lowest BCUT2D eigenvalue weighted by Crippen LogP contribution is -2.27. The molecule has 0 aliphatic carbocycles. The second kappa shape index (κ2) is 3.59. The number of rotatable bonds is 0. The van der Waals surface area contributed by atoms with Gasteiger partial charge in [0.15, 0.2) is 0 Å². The van der Waals surface area contributed by atoms with E-state index in [1.165, 1.54) is 4.68 Å². The molecule has 5 nitrogen and oxygen atoms in total. The van der Waals surface area contributed by atoms with E-state index >= 15 is 0 Å². The smallest absolute Gasteiger partial charge is 0.435 e. The average Bonchev–Trinajstić information content (AvgIpc) is 2.58. The largest absolute Gasteiger partial charge is 0.442 e. The van der Waals surface area contributed by atoms with Crippen molar-refractivity contribution < 1.29 is 9.53 Å². The van der Waals surface area contributed by atoms with Gasteiger partial charge in [-0.1, -0.05) is 0 Å². The van der Waals surface area contributed by atoms with Gasteiger partial charge in [0.1, 0.15) is 11.1 Å². The van der Waals surface area contributed by atoms with Crippen molar-refractivity contribution >= 4 is 17.1 Å². The Morgan fingerprint density at radius 1 is 1.44 bits per heavy atom. The van der Waals surface area contributed by atoms with Gasteiger partial charge in [0.25, 0.3) is 0 Å². The zero-order chi connectivity index (χ0) is 11.8. The summed E-state index contributed by atoms with van der Waals surface area (Å²) >= 11 is 0. The lowest BCUT2D eigenvalue weighted by Gasteiger charge is -2.19. The molecule has 5 heteroatoms. The van der Waals surface area contributed by atoms with Crippen molar-refractivity contribution in [3.05, 3.63) is 24.5 Å². The molecule has 0 radical (unpaired) electrons. The summed E-state index contributed by atoms with van der Waals surface area (Å²) in [4.78, 5) is 15.9. The second-order valence-electron chi connectivity index (χ2n) is 4.44. The van der Waals surface area contributed by atoms with Crippen LogP contribution in [0.5, 0.6) is 0 Å². The van der Waals surface area contributed by atoms with Crippen LogP contribution < -0.4 is 0 Å². The highest BCUT2D eigenvalue weighted by molar-refractivity contribution is 5.85. The van der Waals surface area contributed by atoms with Gasteiger partial charge in [0.2, 0.25) is 0 Å². The molecule has 0 bridgehead atoms. The molecule has 2 aromatic heterocycles. The van der Waals surface area contributed by atoms with Gasteiger partial charge in [0, 0.05) is 6.20 Å². The van der Waals surface area contributed by atoms with Gasteiger partial charge in [-0.15, -0.1) is 0 Å². The lowest BCUT2D eigenvalue weighted by atomic mass is 10.2. The third-order valence-corrected chi connectivity index (χ3v) is 1.91. The van der Waals surface area contributed by atoms with Crippen molar-refractivity contribution in [1.29, 1.82) is 0 Å². The Morgan fingerprint density at radius 3 is 2.88 bits per heavy atom. The summed E-state index contributed by atoms with van der Waals surface area (Å²) in [5.41, 5.74) is 0.794. The molecule has 84 valence electrons. The molecule has 0 fully saturated rings. The van der Waals surface area contributed by atoms with E-state index in [1.54, 1.807) is 24.5 Å². The van der Waals surface area contributed by atoms with Gasteiger partial charge < -0.3 is 4.74 Å². The van der Waals surface area contributed by atoms with Crippen LogP contribution in [0.2, 0.25) is 0 Å². The Hall–Kier alpha value is -1.91. The van der Waals surface area contributed by atoms with Crippen molar-refractivity contribution in [2.75, 3.05) is 0 Å². The Labute approximate surface area is 93.0 Å². The molecule has 0 aliphatic rings. The van der Waals surface area contributed by atoms with Crippen molar-refractivity contribution in [2.45, 2.75) is 26.4 Å². The van der Waals surface area contributed by atoms with Gasteiger partial charge in [-0.25, -0.2) is 4.79 Å². The molecule has 0 atom stereocenters. The highest BCUT2D eigenvalue weighted by Gasteiger charge is 2.19. The Bertz CT molecular complexity index is 525. The van der Waals surface area contributed by atoms with E-state index in [0.29, 0.717) is 11.0 Å². The first-order chi connectivity index (χ1) is 7.47. The minimum Gasteiger partial charge on any atom is -0.442 e. The molecule has 2 rings (SSSR count). The summed E-state index contributed by atoms with van der Waals surface area (Å²) in [6.45, 7) is 5.44. The van der Waals surface area contributed by atoms with Crippen LogP contribution in [-0.2, 0) is 4.74 Å². The average molecular weight is 219 g/mol. The van der Waals surface area contributed by atoms with Crippen LogP contribution in [0.3, 0.4) is 0 Å². The number of pyridine rings is 1. The minimum absolute atomic E-state index is 0.490. The number of aromatic nitrogens is 3. The number of carbonyl (C=O) groups is 1. The summed E-state index contributed by atoms with van der Waals surface area (Å²) in [6, 6.07) is 3.53. The highest BCUT2D eigenvalue weighted by atomic mass is 16.6. The van der Waals surface area contributed by atoms with Crippen molar-refractivity contribution in [3.63, 3.8) is 0 Å². The van der Waals surface area contributed by atoms with Crippen molar-refractivity contribution in [2.24, 2.45) is 0 Å². The predicted molar refractivity (Wildman–Crippen MR) is 59.2 cm³/mol. The summed E-state index contributed by atoms with van der Waals surface area (Å²) in [6.07, 6.45) is 2.71. The van der Waals surface area contributed by atoms with E-state index in [-0.39, 0.29) is 0 Å². The first-order valence-electron chi connectivity index (χ1n) is 4.99. The molecular formula is C11H13N3O2. The molecule has 0 saturated heterocycles. The molecule has 16 heavy (non-hydrogen) atoms. The zero-order valence-corrected chi connectivity index (χ0v) is 9.47. The molecule has 0 N–H and O–H groups in total. The number of hydrogen-bond donors (Lipinski definition) is 0. The predicted octanol–water partition coefficient (Wildman–Crippen LogP) is 2.21. The Morgan fingerprint density at radius 2 is 2.19 bits per heavy atom. The fraction of sp³-hybridized carbons (Fsp3) is 0.364. The van der Waals surface area contributed by atoms with Crippen LogP contribution in [0.15, 0.2) is 24.5 Å². The normalized spacial score (nSPS) is 11.7. The van der Waals surface area contributed by atoms with Crippen LogP contribution in [-0.4, -0.2) is 26.5 Å². The van der Waals surface area contributed by atoms with Crippen molar-refractivity contribution in [1.82, 2.24) is 14.8 Å². The molecule has 0 amide bonds. The molecular weight excluding hydrogens is 206 g/mol. The Kier molecular flexibility index (Phi) is 2.38. The summed E-state index contributed by atoms with van der Waals surface area (Å²) < 4.78 is 6.44. The molecule has 2 aromatic rings. The number of fused-ring (bicyclic) bond motifs is 1. The van der Waals surface area contributed by atoms with Gasteiger partial charge >= 0.3 is 6.09 Å². The van der Waals surface area contributed by atoms with Crippen LogP contribution in [0.25, 0.3) is 11.0 Å². The maximum absolute atomic E-state index is 11.8. The number of ether oxygens (including phenoxy) is 1. The van der Waals surface area contributed by atoms with Crippen LogP contribution in [0.1, 0.15) is 20.8 Å². The molecule has 0 aliphatic heterocycles. The quantitative estimate of drug-likeness (QED) is 0.681. The molecule has 0 aromatic carbocycles. The van der Waals surface area contributed by atoms with Gasteiger partial charge in [-0.05, 0) is 32.9 Å². The maximum Gasteiger partial charge on any atom is 0.435 e. The Balaban J connectivity index is 2.37. The number of nitrogens with zero attached hydrogens (tertiary/aromatic N) is 3. The fourth-order valence-corrected chi connectivity index (χ4v) is 1.31. The highest BCUT2D eigenvalue weighted by Crippen LogP contribution is 2.13. The summed E-state index contributed by atoms with van der Waals surface area (Å²) in [5, 5.41) is 3.96. The number of carbonyl (C=O) groups excluding carboxylic acids is 1. The SMILES string of the molecule is CC(C)(C)OC(=O)n1ncc2ncccc21. The van der Waals surface area contributed by atoms with E-state index in [2.05, 4.69) is 10.1 Å². The van der Waals surface area contributed by atoms with Crippen LogP contribution in [0, 0.1) is 0 Å². The summed E-state index contributed by atoms with van der Waals surface area (Å²) in [7, 11) is 0. The standard InChI is InChI=1S/C11H13N3O2/c1-11(2,3)16-10(15)14-9-5-4-6-12-8(9)7-13-14/h4-7H,1-3H3. The van der Waals surface area contributed by atoms with Crippen LogP contribution >= 0.6 is 0 Å². The van der Waals surface area contributed by atoms with Gasteiger partial charge in [0.05, 0.1) is 11.7 Å². The third-order valence-electron chi connectivity index (χ3n) is 1.91. The lowest BCUT2D eigenvalue weighted by molar-refractivity contribution is 0.0523. The minimum atomic E-state index is -0.530. The second-order valence-corrected chi connectivity index (χ2v) is 4.44. The van der Waals surface area contributed by atoms with E-state index in [0.717, 1.165) is 0 Å². The van der Waals surface area contributed by atoms with E-state index in [9.17, 15) is 4.79 Å². The molecule has 0 saturated carbocycles. The summed E-state index contributed by atoms with van der Waals surface area (Å²) in [5.74, 6) is 0. The van der Waals surface area contributed by atoms with Crippen molar-refractivity contribution in [3.8, 4) is 0 Å². The van der Waals surface area contributed by atoms with Crippen LogP contribution in [0.4, 0.5) is 4.79 Å². The number of hydrogen-bond acceptors (Lipinski definition) is 4. The van der Waals surface area contributed by atoms with E-state index in [1.807, 2.05) is 20.8 Å². The molecule has 0 spiro atoms. The molecule has 0 unspecified atom stereocenters.